The third kappa shape index (κ3) is 1.95. The van der Waals surface area contributed by atoms with Gasteiger partial charge in [0.1, 0.15) is 22.8 Å². The Morgan fingerprint density at radius 3 is 2.84 bits per heavy atom. The number of benzene rings is 1. The number of hydrogen-bond donors (Lipinski definition) is 1. The number of aliphatic imine (C=N–C) groups is 1. The molecule has 1 heterocycles. The van der Waals surface area contributed by atoms with Gasteiger partial charge in [-0.05, 0) is 44.2 Å². The van der Waals surface area contributed by atoms with Crippen molar-refractivity contribution < 1.29 is 14.6 Å². The third-order valence-electron chi connectivity index (χ3n) is 3.17. The van der Waals surface area contributed by atoms with E-state index in [9.17, 15) is 9.90 Å². The standard InChI is InChI=1S/C15H13NO3/c1-15(2)11-7-9(17)3-5-12(11)16-13-6-4-10(18)8-14(13)19-15/h3-8,17H,1-2H3. The summed E-state index contributed by atoms with van der Waals surface area (Å²) in [5.41, 5.74) is 1.48. The van der Waals surface area contributed by atoms with Crippen LogP contribution in [0.2, 0.25) is 0 Å². The molecule has 0 bridgehead atoms. The Kier molecular flexibility index (Phi) is 2.35. The van der Waals surface area contributed by atoms with E-state index in [0.717, 1.165) is 11.3 Å². The van der Waals surface area contributed by atoms with E-state index >= 15 is 0 Å². The first-order valence-corrected chi connectivity index (χ1v) is 6.01. The molecule has 0 unspecified atom stereocenters. The maximum Gasteiger partial charge on any atom is 0.182 e. The number of allylic oxidation sites excluding steroid dienone is 3. The molecule has 1 aromatic rings. The second-order valence-electron chi connectivity index (χ2n) is 5.06. The second kappa shape index (κ2) is 3.82. The van der Waals surface area contributed by atoms with Gasteiger partial charge in [-0.3, -0.25) is 4.79 Å². The number of rotatable bonds is 0. The number of aromatic hydroxyl groups is 1. The van der Waals surface area contributed by atoms with Gasteiger partial charge in [0, 0.05) is 11.6 Å². The largest absolute Gasteiger partial charge is 0.508 e. The minimum absolute atomic E-state index is 0.112. The summed E-state index contributed by atoms with van der Waals surface area (Å²) in [4.78, 5) is 15.9. The molecule has 0 fully saturated rings. The van der Waals surface area contributed by atoms with E-state index in [1.165, 1.54) is 12.2 Å². The van der Waals surface area contributed by atoms with E-state index in [0.29, 0.717) is 11.5 Å². The van der Waals surface area contributed by atoms with Crippen molar-refractivity contribution in [2.45, 2.75) is 19.4 Å². The molecule has 0 amide bonds. The van der Waals surface area contributed by atoms with Crippen LogP contribution in [0.15, 0.2) is 47.2 Å². The molecule has 1 aliphatic carbocycles. The van der Waals surface area contributed by atoms with Crippen molar-refractivity contribution in [2.24, 2.45) is 4.99 Å². The van der Waals surface area contributed by atoms with Gasteiger partial charge in [-0.25, -0.2) is 4.99 Å². The van der Waals surface area contributed by atoms with Crippen LogP contribution in [-0.2, 0) is 15.1 Å². The Balaban J connectivity index is 2.22. The number of ketones is 1. The van der Waals surface area contributed by atoms with Crippen LogP contribution < -0.4 is 0 Å². The van der Waals surface area contributed by atoms with E-state index in [2.05, 4.69) is 4.99 Å². The Hall–Kier alpha value is -2.36. The molecule has 4 heteroatoms. The molecule has 96 valence electrons. The molecule has 0 aromatic heterocycles. The smallest absolute Gasteiger partial charge is 0.182 e. The van der Waals surface area contributed by atoms with Crippen LogP contribution in [0.25, 0.3) is 0 Å². The number of carbonyl (C=O) groups is 1. The predicted molar refractivity (Wildman–Crippen MR) is 71.5 cm³/mol. The summed E-state index contributed by atoms with van der Waals surface area (Å²) in [6, 6.07) is 4.98. The minimum atomic E-state index is -0.670. The maximum absolute atomic E-state index is 11.4. The Morgan fingerprint density at radius 2 is 2.05 bits per heavy atom. The molecule has 2 aliphatic rings. The van der Waals surface area contributed by atoms with Crippen molar-refractivity contribution in [3.63, 3.8) is 0 Å². The van der Waals surface area contributed by atoms with Crippen LogP contribution in [0.4, 0.5) is 5.69 Å². The molecule has 19 heavy (non-hydrogen) atoms. The zero-order valence-electron chi connectivity index (χ0n) is 10.7. The van der Waals surface area contributed by atoms with Gasteiger partial charge in [0.25, 0.3) is 0 Å². The van der Waals surface area contributed by atoms with E-state index in [4.69, 9.17) is 4.74 Å². The molecule has 1 N–H and O–H groups in total. The summed E-state index contributed by atoms with van der Waals surface area (Å²) in [6.07, 6.45) is 4.55. The quantitative estimate of drug-likeness (QED) is 0.725. The lowest BCUT2D eigenvalue weighted by atomic mass is 9.96. The van der Waals surface area contributed by atoms with Crippen molar-refractivity contribution in [1.29, 1.82) is 0 Å². The zero-order chi connectivity index (χ0) is 13.6. The number of nitrogens with zero attached hydrogens (tertiary/aromatic N) is 1. The van der Waals surface area contributed by atoms with E-state index in [-0.39, 0.29) is 11.5 Å². The number of ether oxygens (including phenoxy) is 1. The van der Waals surface area contributed by atoms with Crippen LogP contribution in [0.5, 0.6) is 5.75 Å². The molecule has 0 radical (unpaired) electrons. The van der Waals surface area contributed by atoms with Gasteiger partial charge in [-0.2, -0.15) is 0 Å². The molecular formula is C15H13NO3. The third-order valence-corrected chi connectivity index (χ3v) is 3.17. The van der Waals surface area contributed by atoms with Crippen LogP contribution in [-0.4, -0.2) is 16.6 Å². The summed E-state index contributed by atoms with van der Waals surface area (Å²) in [5, 5.41) is 9.63. The average Bonchev–Trinajstić information content (AvgIpc) is 2.43. The van der Waals surface area contributed by atoms with Crippen molar-refractivity contribution >= 4 is 17.2 Å². The van der Waals surface area contributed by atoms with Gasteiger partial charge < -0.3 is 9.84 Å². The number of phenolic OH excluding ortho intramolecular Hbond substituents is 1. The molecule has 4 nitrogen and oxygen atoms in total. The monoisotopic (exact) mass is 255 g/mol. The summed E-state index contributed by atoms with van der Waals surface area (Å²) >= 11 is 0. The average molecular weight is 255 g/mol. The fourth-order valence-electron chi connectivity index (χ4n) is 2.23. The van der Waals surface area contributed by atoms with Gasteiger partial charge in [0.05, 0.1) is 5.69 Å². The highest BCUT2D eigenvalue weighted by Gasteiger charge is 2.32. The summed E-state index contributed by atoms with van der Waals surface area (Å²) in [5.74, 6) is 0.521. The summed E-state index contributed by atoms with van der Waals surface area (Å²) < 4.78 is 5.90. The molecule has 0 atom stereocenters. The summed E-state index contributed by atoms with van der Waals surface area (Å²) in [7, 11) is 0. The van der Waals surface area contributed by atoms with Crippen LogP contribution >= 0.6 is 0 Å². The highest BCUT2D eigenvalue weighted by Crippen LogP contribution is 2.40. The van der Waals surface area contributed by atoms with E-state index in [1.807, 2.05) is 13.8 Å². The molecule has 3 rings (SSSR count). The van der Waals surface area contributed by atoms with Crippen molar-refractivity contribution in [1.82, 2.24) is 0 Å². The normalized spacial score (nSPS) is 19.6. The van der Waals surface area contributed by atoms with Gasteiger partial charge in [-0.1, -0.05) is 0 Å². The Bertz CT molecular complexity index is 666. The first-order valence-electron chi connectivity index (χ1n) is 6.01. The molecule has 0 spiro atoms. The first kappa shape index (κ1) is 11.7. The Labute approximate surface area is 110 Å². The fraction of sp³-hybridized carbons (Fsp3) is 0.200. The van der Waals surface area contributed by atoms with Crippen molar-refractivity contribution in [3.8, 4) is 5.75 Å². The first-order chi connectivity index (χ1) is 8.95. The number of hydrogen-bond acceptors (Lipinski definition) is 4. The van der Waals surface area contributed by atoms with Gasteiger partial charge >= 0.3 is 0 Å². The van der Waals surface area contributed by atoms with Crippen LogP contribution in [0.1, 0.15) is 19.4 Å². The molecule has 0 saturated heterocycles. The van der Waals surface area contributed by atoms with Crippen molar-refractivity contribution in [3.05, 3.63) is 47.7 Å². The zero-order valence-corrected chi connectivity index (χ0v) is 10.7. The second-order valence-corrected chi connectivity index (χ2v) is 5.06. The minimum Gasteiger partial charge on any atom is -0.508 e. The van der Waals surface area contributed by atoms with E-state index < -0.39 is 5.60 Å². The lowest BCUT2D eigenvalue weighted by molar-refractivity contribution is -0.110. The lowest BCUT2D eigenvalue weighted by Crippen LogP contribution is -2.23. The van der Waals surface area contributed by atoms with Crippen LogP contribution in [0, 0.1) is 0 Å². The summed E-state index contributed by atoms with van der Waals surface area (Å²) in [6.45, 7) is 3.76. The predicted octanol–water partition coefficient (Wildman–Crippen LogP) is 2.75. The highest BCUT2D eigenvalue weighted by molar-refractivity contribution is 6.19. The molecular weight excluding hydrogens is 242 g/mol. The van der Waals surface area contributed by atoms with Gasteiger partial charge in [0.2, 0.25) is 0 Å². The Morgan fingerprint density at radius 1 is 1.26 bits per heavy atom. The number of fused-ring (bicyclic) bond motifs is 2. The SMILES string of the molecule is CC1(C)OC2=CC(=O)C=CC2=Nc2ccc(O)cc21. The topological polar surface area (TPSA) is 58.9 Å². The molecule has 1 aromatic carbocycles. The number of phenols is 1. The van der Waals surface area contributed by atoms with Crippen LogP contribution in [0.3, 0.4) is 0 Å². The van der Waals surface area contributed by atoms with Crippen molar-refractivity contribution in [2.75, 3.05) is 0 Å². The molecule has 0 saturated carbocycles. The highest BCUT2D eigenvalue weighted by atomic mass is 16.5. The van der Waals surface area contributed by atoms with Gasteiger partial charge in [-0.15, -0.1) is 0 Å². The van der Waals surface area contributed by atoms with E-state index in [1.54, 1.807) is 24.3 Å². The number of carbonyl (C=O) groups excluding carboxylic acids is 1. The maximum atomic E-state index is 11.4. The molecule has 1 aliphatic heterocycles. The fourth-order valence-corrected chi connectivity index (χ4v) is 2.23. The van der Waals surface area contributed by atoms with Gasteiger partial charge in [0.15, 0.2) is 5.78 Å². The lowest BCUT2D eigenvalue weighted by Gasteiger charge is -2.27.